The molecular formula is C12H20N2O3. The summed E-state index contributed by atoms with van der Waals surface area (Å²) in [5.74, 6) is 0.825. The van der Waals surface area contributed by atoms with Crippen LogP contribution < -0.4 is 15.2 Å². The number of aromatic nitrogens is 1. The summed E-state index contributed by atoms with van der Waals surface area (Å²) in [6.07, 6.45) is 0.571. The summed E-state index contributed by atoms with van der Waals surface area (Å²) in [5, 5.41) is 8.65. The molecule has 96 valence electrons. The predicted octanol–water partition coefficient (Wildman–Crippen LogP) is 1.60. The highest BCUT2D eigenvalue weighted by molar-refractivity contribution is 5.49. The summed E-state index contributed by atoms with van der Waals surface area (Å²) in [6, 6.07) is 3.38. The number of aliphatic hydroxyl groups excluding tert-OH is 1. The molecule has 1 aromatic heterocycles. The van der Waals surface area contributed by atoms with E-state index in [2.05, 4.69) is 4.98 Å². The maximum atomic E-state index is 8.65. The van der Waals surface area contributed by atoms with Crippen LogP contribution in [-0.4, -0.2) is 28.9 Å². The van der Waals surface area contributed by atoms with Gasteiger partial charge >= 0.3 is 0 Å². The van der Waals surface area contributed by atoms with Crippen molar-refractivity contribution in [2.45, 2.75) is 32.8 Å². The van der Waals surface area contributed by atoms with E-state index < -0.39 is 0 Å². The van der Waals surface area contributed by atoms with Gasteiger partial charge in [0.25, 0.3) is 0 Å². The zero-order valence-electron chi connectivity index (χ0n) is 10.6. The summed E-state index contributed by atoms with van der Waals surface area (Å²) in [5.41, 5.74) is 5.89. The van der Waals surface area contributed by atoms with Gasteiger partial charge in [-0.2, -0.15) is 4.98 Å². The topological polar surface area (TPSA) is 77.6 Å². The quantitative estimate of drug-likeness (QED) is 0.764. The van der Waals surface area contributed by atoms with Gasteiger partial charge in [0, 0.05) is 19.1 Å². The minimum absolute atomic E-state index is 0.0975. The van der Waals surface area contributed by atoms with Crippen molar-refractivity contribution in [1.29, 1.82) is 0 Å². The highest BCUT2D eigenvalue weighted by Gasteiger charge is 2.15. The van der Waals surface area contributed by atoms with E-state index in [-0.39, 0.29) is 12.2 Å². The van der Waals surface area contributed by atoms with E-state index in [1.165, 1.54) is 0 Å². The fraction of sp³-hybridized carbons (Fsp3) is 0.583. The van der Waals surface area contributed by atoms with E-state index in [0.29, 0.717) is 30.5 Å². The average Bonchev–Trinajstić information content (AvgIpc) is 2.21. The van der Waals surface area contributed by atoms with Crippen LogP contribution in [0.15, 0.2) is 12.1 Å². The SMILES string of the molecule is CC(C)(C)Oc1nc(OCCCO)ccc1N. The number of hydrogen-bond acceptors (Lipinski definition) is 5. The third-order valence-corrected chi connectivity index (χ3v) is 1.82. The number of anilines is 1. The minimum atomic E-state index is -0.356. The summed E-state index contributed by atoms with van der Waals surface area (Å²) in [4.78, 5) is 4.18. The number of nitrogens with zero attached hydrogens (tertiary/aromatic N) is 1. The lowest BCUT2D eigenvalue weighted by molar-refractivity contribution is 0.123. The van der Waals surface area contributed by atoms with Gasteiger partial charge in [-0.15, -0.1) is 0 Å². The minimum Gasteiger partial charge on any atom is -0.477 e. The fourth-order valence-electron chi connectivity index (χ4n) is 1.13. The fourth-order valence-corrected chi connectivity index (χ4v) is 1.13. The summed E-state index contributed by atoms with van der Waals surface area (Å²) < 4.78 is 11.0. The Bertz CT molecular complexity index is 361. The Morgan fingerprint density at radius 2 is 2.06 bits per heavy atom. The van der Waals surface area contributed by atoms with Gasteiger partial charge in [-0.3, -0.25) is 0 Å². The molecule has 1 aromatic rings. The highest BCUT2D eigenvalue weighted by Crippen LogP contribution is 2.25. The number of rotatable bonds is 5. The normalized spacial score (nSPS) is 11.3. The lowest BCUT2D eigenvalue weighted by Crippen LogP contribution is -2.24. The Morgan fingerprint density at radius 1 is 1.35 bits per heavy atom. The summed E-state index contributed by atoms with van der Waals surface area (Å²) in [6.45, 7) is 6.29. The first-order chi connectivity index (χ1) is 7.92. The van der Waals surface area contributed by atoms with Crippen LogP contribution in [0.2, 0.25) is 0 Å². The lowest BCUT2D eigenvalue weighted by Gasteiger charge is -2.21. The van der Waals surface area contributed by atoms with Crippen molar-refractivity contribution in [2.24, 2.45) is 0 Å². The van der Waals surface area contributed by atoms with Crippen molar-refractivity contribution in [3.8, 4) is 11.8 Å². The van der Waals surface area contributed by atoms with E-state index in [9.17, 15) is 0 Å². The van der Waals surface area contributed by atoms with Crippen LogP contribution in [0.4, 0.5) is 5.69 Å². The molecule has 0 saturated heterocycles. The van der Waals surface area contributed by atoms with Gasteiger partial charge in [0.05, 0.1) is 12.3 Å². The van der Waals surface area contributed by atoms with E-state index >= 15 is 0 Å². The van der Waals surface area contributed by atoms with E-state index in [1.807, 2.05) is 20.8 Å². The monoisotopic (exact) mass is 240 g/mol. The molecule has 0 spiro atoms. The molecule has 0 aliphatic heterocycles. The Labute approximate surface area is 102 Å². The Balaban J connectivity index is 2.72. The van der Waals surface area contributed by atoms with Crippen LogP contribution >= 0.6 is 0 Å². The zero-order chi connectivity index (χ0) is 12.9. The molecule has 0 aromatic carbocycles. The average molecular weight is 240 g/mol. The van der Waals surface area contributed by atoms with Gasteiger partial charge in [0.1, 0.15) is 5.60 Å². The molecule has 0 fully saturated rings. The van der Waals surface area contributed by atoms with Gasteiger partial charge in [-0.05, 0) is 26.8 Å². The third-order valence-electron chi connectivity index (χ3n) is 1.82. The first-order valence-electron chi connectivity index (χ1n) is 5.61. The number of nitrogen functional groups attached to an aromatic ring is 1. The molecule has 0 aliphatic rings. The van der Waals surface area contributed by atoms with Gasteiger partial charge in [0.2, 0.25) is 11.8 Å². The number of ether oxygens (including phenoxy) is 2. The smallest absolute Gasteiger partial charge is 0.241 e. The van der Waals surface area contributed by atoms with Gasteiger partial charge in [0.15, 0.2) is 0 Å². The molecule has 1 rings (SSSR count). The van der Waals surface area contributed by atoms with Crippen molar-refractivity contribution < 1.29 is 14.6 Å². The van der Waals surface area contributed by atoms with Gasteiger partial charge < -0.3 is 20.3 Å². The van der Waals surface area contributed by atoms with Crippen molar-refractivity contribution in [1.82, 2.24) is 4.98 Å². The largest absolute Gasteiger partial charge is 0.477 e. The van der Waals surface area contributed by atoms with Crippen LogP contribution in [0.1, 0.15) is 27.2 Å². The second-order valence-corrected chi connectivity index (χ2v) is 4.68. The van der Waals surface area contributed by atoms with Crippen molar-refractivity contribution in [3.05, 3.63) is 12.1 Å². The zero-order valence-corrected chi connectivity index (χ0v) is 10.6. The molecule has 0 amide bonds. The highest BCUT2D eigenvalue weighted by atomic mass is 16.5. The second kappa shape index (κ2) is 5.72. The molecule has 0 saturated carbocycles. The second-order valence-electron chi connectivity index (χ2n) is 4.68. The first-order valence-corrected chi connectivity index (χ1v) is 5.61. The molecule has 5 nitrogen and oxygen atoms in total. The van der Waals surface area contributed by atoms with Crippen LogP contribution in [-0.2, 0) is 0 Å². The van der Waals surface area contributed by atoms with Crippen molar-refractivity contribution >= 4 is 5.69 Å². The molecular weight excluding hydrogens is 220 g/mol. The Hall–Kier alpha value is -1.49. The Morgan fingerprint density at radius 3 is 2.65 bits per heavy atom. The molecule has 1 heterocycles. The van der Waals surface area contributed by atoms with Crippen LogP contribution in [0.25, 0.3) is 0 Å². The van der Waals surface area contributed by atoms with E-state index in [4.69, 9.17) is 20.3 Å². The first kappa shape index (κ1) is 13.6. The summed E-state index contributed by atoms with van der Waals surface area (Å²) in [7, 11) is 0. The van der Waals surface area contributed by atoms with Crippen LogP contribution in [0, 0.1) is 0 Å². The maximum Gasteiger partial charge on any atom is 0.241 e. The third kappa shape index (κ3) is 4.91. The molecule has 3 N–H and O–H groups in total. The van der Waals surface area contributed by atoms with E-state index in [0.717, 1.165) is 0 Å². The molecule has 0 aliphatic carbocycles. The van der Waals surface area contributed by atoms with Crippen LogP contribution in [0.5, 0.6) is 11.8 Å². The standard InChI is InChI=1S/C12H20N2O3/c1-12(2,3)17-11-9(13)5-6-10(14-11)16-8-4-7-15/h5-6,15H,4,7-8,13H2,1-3H3. The van der Waals surface area contributed by atoms with Crippen molar-refractivity contribution in [3.63, 3.8) is 0 Å². The van der Waals surface area contributed by atoms with Crippen LogP contribution in [0.3, 0.4) is 0 Å². The lowest BCUT2D eigenvalue weighted by atomic mass is 10.2. The number of aliphatic hydroxyl groups is 1. The summed E-state index contributed by atoms with van der Waals surface area (Å²) >= 11 is 0. The molecule has 0 atom stereocenters. The Kier molecular flexibility index (Phi) is 4.57. The molecule has 5 heteroatoms. The molecule has 17 heavy (non-hydrogen) atoms. The number of nitrogens with two attached hydrogens (primary N) is 1. The van der Waals surface area contributed by atoms with E-state index in [1.54, 1.807) is 12.1 Å². The van der Waals surface area contributed by atoms with Crippen molar-refractivity contribution in [2.75, 3.05) is 18.9 Å². The van der Waals surface area contributed by atoms with Gasteiger partial charge in [-0.25, -0.2) is 0 Å². The maximum absolute atomic E-state index is 8.65. The number of hydrogen-bond donors (Lipinski definition) is 2. The van der Waals surface area contributed by atoms with Gasteiger partial charge in [-0.1, -0.05) is 0 Å². The number of pyridine rings is 1. The molecule has 0 radical (unpaired) electrons. The predicted molar refractivity (Wildman–Crippen MR) is 66.2 cm³/mol. The molecule has 0 bridgehead atoms. The molecule has 0 unspecified atom stereocenters.